The van der Waals surface area contributed by atoms with Gasteiger partial charge in [-0.2, -0.15) is 0 Å². The Balaban J connectivity index is 1.78. The van der Waals surface area contributed by atoms with Crippen LogP contribution in [-0.4, -0.2) is 28.4 Å². The maximum absolute atomic E-state index is 12.7. The van der Waals surface area contributed by atoms with E-state index in [9.17, 15) is 9.59 Å². The number of nitrogens with zero attached hydrogens (tertiary/aromatic N) is 2. The highest BCUT2D eigenvalue weighted by atomic mass is 16.5. The van der Waals surface area contributed by atoms with Crippen LogP contribution in [-0.2, 0) is 4.79 Å². The van der Waals surface area contributed by atoms with Crippen molar-refractivity contribution in [3.8, 4) is 5.75 Å². The second-order valence-electron chi connectivity index (χ2n) is 5.74. The molecule has 1 atom stereocenters. The zero-order valence-corrected chi connectivity index (χ0v) is 14.3. The van der Waals surface area contributed by atoms with E-state index in [0.717, 1.165) is 0 Å². The molecule has 0 bridgehead atoms. The molecule has 3 aromatic rings. The monoisotopic (exact) mass is 349 g/mol. The number of imidazole rings is 1. The van der Waals surface area contributed by atoms with E-state index in [1.165, 1.54) is 6.33 Å². The summed E-state index contributed by atoms with van der Waals surface area (Å²) in [5.74, 6) is 0.278. The molecule has 1 aromatic heterocycles. The summed E-state index contributed by atoms with van der Waals surface area (Å²) in [5.41, 5.74) is 1.21. The van der Waals surface area contributed by atoms with E-state index in [1.807, 2.05) is 18.2 Å². The van der Waals surface area contributed by atoms with Crippen LogP contribution in [0.2, 0.25) is 0 Å². The van der Waals surface area contributed by atoms with Gasteiger partial charge in [-0.15, -0.1) is 0 Å². The lowest BCUT2D eigenvalue weighted by molar-refractivity contribution is -0.119. The third-order valence-electron chi connectivity index (χ3n) is 4.02. The van der Waals surface area contributed by atoms with Gasteiger partial charge in [-0.3, -0.25) is 9.59 Å². The summed E-state index contributed by atoms with van der Waals surface area (Å²) >= 11 is 0. The van der Waals surface area contributed by atoms with Crippen LogP contribution in [0.15, 0.2) is 73.3 Å². The number of carbonyl (C=O) groups is 2. The Morgan fingerprint density at radius 2 is 1.85 bits per heavy atom. The molecule has 1 unspecified atom stereocenters. The molecular weight excluding hydrogens is 330 g/mol. The normalized spacial score (nSPS) is 11.6. The van der Waals surface area contributed by atoms with Gasteiger partial charge in [0.25, 0.3) is 0 Å². The average Bonchev–Trinajstić information content (AvgIpc) is 3.21. The minimum atomic E-state index is -0.688. The molecule has 1 N–H and O–H groups in total. The summed E-state index contributed by atoms with van der Waals surface area (Å²) in [7, 11) is 1.57. The van der Waals surface area contributed by atoms with Gasteiger partial charge < -0.3 is 14.6 Å². The van der Waals surface area contributed by atoms with E-state index < -0.39 is 6.04 Å². The molecule has 0 aliphatic rings. The zero-order chi connectivity index (χ0) is 18.4. The number of aromatic nitrogens is 2. The van der Waals surface area contributed by atoms with E-state index in [4.69, 9.17) is 4.74 Å². The van der Waals surface area contributed by atoms with Crippen molar-refractivity contribution in [2.24, 2.45) is 0 Å². The summed E-state index contributed by atoms with van der Waals surface area (Å²) in [6.45, 7) is 0. The Morgan fingerprint density at radius 3 is 2.46 bits per heavy atom. The molecule has 26 heavy (non-hydrogen) atoms. The van der Waals surface area contributed by atoms with Crippen LogP contribution in [0.1, 0.15) is 22.8 Å². The van der Waals surface area contributed by atoms with Gasteiger partial charge in [-0.1, -0.05) is 18.2 Å². The highest BCUT2D eigenvalue weighted by Crippen LogP contribution is 2.20. The van der Waals surface area contributed by atoms with E-state index in [2.05, 4.69) is 10.3 Å². The van der Waals surface area contributed by atoms with Gasteiger partial charge in [-0.05, 0) is 36.4 Å². The number of methoxy groups -OCH3 is 1. The van der Waals surface area contributed by atoms with E-state index >= 15 is 0 Å². The number of Topliss-reactive ketones (excluding diaryl/α,β-unsaturated/α-hetero) is 1. The molecular formula is C20H19N3O3. The van der Waals surface area contributed by atoms with Gasteiger partial charge in [0.1, 0.15) is 11.8 Å². The molecule has 1 amide bonds. The lowest BCUT2D eigenvalue weighted by atomic mass is 10.0. The van der Waals surface area contributed by atoms with Crippen molar-refractivity contribution in [1.82, 2.24) is 9.55 Å². The van der Waals surface area contributed by atoms with Crippen molar-refractivity contribution in [3.05, 3.63) is 78.9 Å². The third-order valence-corrected chi connectivity index (χ3v) is 4.02. The number of rotatable bonds is 7. The van der Waals surface area contributed by atoms with Gasteiger partial charge in [-0.25, -0.2) is 4.98 Å². The van der Waals surface area contributed by atoms with E-state index in [-0.39, 0.29) is 18.1 Å². The Morgan fingerprint density at radius 1 is 1.12 bits per heavy atom. The van der Waals surface area contributed by atoms with Crippen LogP contribution < -0.4 is 10.1 Å². The maximum atomic E-state index is 12.7. The van der Waals surface area contributed by atoms with Crippen LogP contribution in [0, 0.1) is 0 Å². The topological polar surface area (TPSA) is 73.2 Å². The summed E-state index contributed by atoms with van der Waals surface area (Å²) in [4.78, 5) is 29.4. The first-order chi connectivity index (χ1) is 12.7. The molecule has 1 heterocycles. The third kappa shape index (κ3) is 4.16. The smallest absolute Gasteiger partial charge is 0.247 e. The average molecular weight is 349 g/mol. The van der Waals surface area contributed by atoms with Crippen molar-refractivity contribution in [2.75, 3.05) is 12.4 Å². The van der Waals surface area contributed by atoms with Crippen LogP contribution in [0.3, 0.4) is 0 Å². The molecule has 0 radical (unpaired) electrons. The fourth-order valence-electron chi connectivity index (χ4n) is 2.60. The first-order valence-corrected chi connectivity index (χ1v) is 8.18. The summed E-state index contributed by atoms with van der Waals surface area (Å²) < 4.78 is 6.74. The minimum absolute atomic E-state index is 0.0291. The Bertz CT molecular complexity index is 859. The number of carbonyl (C=O) groups excluding carboxylic acids is 2. The predicted octanol–water partition coefficient (Wildman–Crippen LogP) is 3.34. The fraction of sp³-hybridized carbons (Fsp3) is 0.150. The van der Waals surface area contributed by atoms with Crippen LogP contribution in [0.25, 0.3) is 0 Å². The van der Waals surface area contributed by atoms with Crippen LogP contribution in [0.5, 0.6) is 5.75 Å². The fourth-order valence-corrected chi connectivity index (χ4v) is 2.60. The van der Waals surface area contributed by atoms with E-state index in [1.54, 1.807) is 60.5 Å². The number of nitrogens with one attached hydrogen (secondary N) is 1. The number of anilines is 1. The lowest BCUT2D eigenvalue weighted by Crippen LogP contribution is -2.27. The maximum Gasteiger partial charge on any atom is 0.247 e. The lowest BCUT2D eigenvalue weighted by Gasteiger charge is -2.17. The molecule has 132 valence electrons. The number of hydrogen-bond acceptors (Lipinski definition) is 4. The number of amides is 1. The standard InChI is InChI=1S/C20H19N3O3/c1-26-17-9-7-15(8-10-17)19(24)13-18(23-12-11-21-14-23)20(25)22-16-5-3-2-4-6-16/h2-12,14,18H,13H2,1H3,(H,22,25). The van der Waals surface area contributed by atoms with Crippen molar-refractivity contribution in [2.45, 2.75) is 12.5 Å². The Hall–Kier alpha value is -3.41. The quantitative estimate of drug-likeness (QED) is 0.664. The molecule has 0 saturated heterocycles. The van der Waals surface area contributed by atoms with E-state index in [0.29, 0.717) is 17.0 Å². The molecule has 0 aliphatic heterocycles. The number of hydrogen-bond donors (Lipinski definition) is 1. The largest absolute Gasteiger partial charge is 0.497 e. The number of ether oxygens (including phenoxy) is 1. The number of ketones is 1. The minimum Gasteiger partial charge on any atom is -0.497 e. The van der Waals surface area contributed by atoms with Gasteiger partial charge in [0.05, 0.1) is 13.4 Å². The summed E-state index contributed by atoms with van der Waals surface area (Å²) in [6, 6.07) is 15.3. The van der Waals surface area contributed by atoms with Gasteiger partial charge >= 0.3 is 0 Å². The molecule has 2 aromatic carbocycles. The molecule has 0 aliphatic carbocycles. The van der Waals surface area contributed by atoms with Gasteiger partial charge in [0.2, 0.25) is 5.91 Å². The molecule has 0 fully saturated rings. The van der Waals surface area contributed by atoms with Gasteiger partial charge in [0, 0.05) is 30.1 Å². The van der Waals surface area contributed by atoms with Crippen molar-refractivity contribution >= 4 is 17.4 Å². The summed E-state index contributed by atoms with van der Waals surface area (Å²) in [5, 5.41) is 2.85. The summed E-state index contributed by atoms with van der Waals surface area (Å²) in [6.07, 6.45) is 4.83. The second-order valence-corrected chi connectivity index (χ2v) is 5.74. The molecule has 0 saturated carbocycles. The van der Waals surface area contributed by atoms with Crippen LogP contribution >= 0.6 is 0 Å². The molecule has 0 spiro atoms. The van der Waals surface area contributed by atoms with Crippen LogP contribution in [0.4, 0.5) is 5.69 Å². The Kier molecular flexibility index (Phi) is 5.43. The second kappa shape index (κ2) is 8.11. The van der Waals surface area contributed by atoms with Gasteiger partial charge in [0.15, 0.2) is 5.78 Å². The molecule has 3 rings (SSSR count). The highest BCUT2D eigenvalue weighted by Gasteiger charge is 2.24. The molecule has 6 nitrogen and oxygen atoms in total. The number of para-hydroxylation sites is 1. The van der Waals surface area contributed by atoms with Crippen molar-refractivity contribution in [1.29, 1.82) is 0 Å². The zero-order valence-electron chi connectivity index (χ0n) is 14.3. The molecule has 6 heteroatoms. The van der Waals surface area contributed by atoms with Crippen molar-refractivity contribution < 1.29 is 14.3 Å². The SMILES string of the molecule is COc1ccc(C(=O)CC(C(=O)Nc2ccccc2)n2ccnc2)cc1. The first kappa shape index (κ1) is 17.4. The Labute approximate surface area is 151 Å². The van der Waals surface area contributed by atoms with Crippen molar-refractivity contribution in [3.63, 3.8) is 0 Å². The highest BCUT2D eigenvalue weighted by molar-refractivity contribution is 6.02. The number of benzene rings is 2. The first-order valence-electron chi connectivity index (χ1n) is 8.18. The predicted molar refractivity (Wildman–Crippen MR) is 98.3 cm³/mol.